The van der Waals surface area contributed by atoms with E-state index in [2.05, 4.69) is 19.2 Å². The Morgan fingerprint density at radius 1 is 1.40 bits per heavy atom. The van der Waals surface area contributed by atoms with Crippen molar-refractivity contribution in [2.24, 2.45) is 5.92 Å². The maximum absolute atomic E-state index is 13.2. The molecule has 0 heterocycles. The number of nitrogens with one attached hydrogen (secondary N) is 1. The van der Waals surface area contributed by atoms with Gasteiger partial charge in [0.25, 0.3) is 0 Å². The number of hydrogen-bond donors (Lipinski definition) is 1. The van der Waals surface area contributed by atoms with E-state index in [4.69, 9.17) is 16.3 Å². The molecule has 20 heavy (non-hydrogen) atoms. The highest BCUT2D eigenvalue weighted by molar-refractivity contribution is 6.30. The maximum Gasteiger partial charge on any atom is 0.142 e. The van der Waals surface area contributed by atoms with Crippen LogP contribution in [0.15, 0.2) is 18.2 Å². The molecule has 0 amide bonds. The van der Waals surface area contributed by atoms with Gasteiger partial charge in [0.05, 0.1) is 5.02 Å². The molecule has 1 aromatic rings. The molecule has 1 fully saturated rings. The Morgan fingerprint density at radius 3 is 2.70 bits per heavy atom. The lowest BCUT2D eigenvalue weighted by molar-refractivity contribution is -0.0143. The topological polar surface area (TPSA) is 21.3 Å². The van der Waals surface area contributed by atoms with Crippen molar-refractivity contribution in [3.63, 3.8) is 0 Å². The summed E-state index contributed by atoms with van der Waals surface area (Å²) < 4.78 is 19.2. The van der Waals surface area contributed by atoms with Crippen molar-refractivity contribution in [1.82, 2.24) is 5.32 Å². The van der Waals surface area contributed by atoms with Crippen LogP contribution in [-0.2, 0) is 0 Å². The van der Waals surface area contributed by atoms with E-state index >= 15 is 0 Å². The normalized spacial score (nSPS) is 17.1. The first kappa shape index (κ1) is 15.6. The smallest absolute Gasteiger partial charge is 0.142 e. The molecule has 0 aromatic heterocycles. The molecule has 0 unspecified atom stereocenters. The van der Waals surface area contributed by atoms with E-state index in [0.29, 0.717) is 11.7 Å². The Hall–Kier alpha value is -0.800. The zero-order chi connectivity index (χ0) is 14.6. The summed E-state index contributed by atoms with van der Waals surface area (Å²) in [7, 11) is 0. The molecule has 1 aliphatic rings. The third kappa shape index (κ3) is 4.10. The summed E-state index contributed by atoms with van der Waals surface area (Å²) in [4.78, 5) is 0. The van der Waals surface area contributed by atoms with E-state index in [1.165, 1.54) is 12.5 Å². The first-order valence-electron chi connectivity index (χ1n) is 7.35. The number of hydrogen-bond acceptors (Lipinski definition) is 2. The van der Waals surface area contributed by atoms with Gasteiger partial charge in [0.1, 0.15) is 17.2 Å². The molecule has 4 heteroatoms. The highest BCUT2D eigenvalue weighted by Crippen LogP contribution is 2.39. The second-order valence-electron chi connectivity index (χ2n) is 6.06. The molecule has 1 aromatic carbocycles. The van der Waals surface area contributed by atoms with Crippen LogP contribution in [0.3, 0.4) is 0 Å². The van der Waals surface area contributed by atoms with Gasteiger partial charge >= 0.3 is 0 Å². The van der Waals surface area contributed by atoms with Gasteiger partial charge in [0.15, 0.2) is 0 Å². The van der Waals surface area contributed by atoms with E-state index in [0.717, 1.165) is 32.4 Å². The van der Waals surface area contributed by atoms with E-state index in [1.807, 2.05) is 0 Å². The quantitative estimate of drug-likeness (QED) is 0.753. The molecule has 2 rings (SSSR count). The van der Waals surface area contributed by atoms with E-state index in [1.54, 1.807) is 12.1 Å². The maximum atomic E-state index is 13.2. The van der Waals surface area contributed by atoms with Crippen molar-refractivity contribution in [2.45, 2.75) is 45.1 Å². The van der Waals surface area contributed by atoms with Gasteiger partial charge in [-0.25, -0.2) is 4.39 Å². The Morgan fingerprint density at radius 2 is 2.15 bits per heavy atom. The number of ether oxygens (including phenoxy) is 1. The third-order valence-electron chi connectivity index (χ3n) is 3.80. The van der Waals surface area contributed by atoms with E-state index in [9.17, 15) is 4.39 Å². The van der Waals surface area contributed by atoms with Gasteiger partial charge in [0.2, 0.25) is 0 Å². The van der Waals surface area contributed by atoms with Crippen molar-refractivity contribution >= 4 is 11.6 Å². The highest BCUT2D eigenvalue weighted by atomic mass is 35.5. The number of halogens is 2. The van der Waals surface area contributed by atoms with Crippen LogP contribution in [0.2, 0.25) is 5.02 Å². The van der Waals surface area contributed by atoms with Crippen LogP contribution >= 0.6 is 11.6 Å². The lowest BCUT2D eigenvalue weighted by Gasteiger charge is -2.42. The van der Waals surface area contributed by atoms with Crippen LogP contribution in [0.5, 0.6) is 5.75 Å². The van der Waals surface area contributed by atoms with Crippen molar-refractivity contribution in [3.8, 4) is 5.75 Å². The van der Waals surface area contributed by atoms with E-state index in [-0.39, 0.29) is 10.6 Å². The fraction of sp³-hybridized carbons (Fsp3) is 0.625. The van der Waals surface area contributed by atoms with Crippen LogP contribution in [0.25, 0.3) is 0 Å². The molecular weight excluding hydrogens is 277 g/mol. The van der Waals surface area contributed by atoms with Crippen LogP contribution in [0.1, 0.15) is 39.5 Å². The largest absolute Gasteiger partial charge is 0.487 e. The number of rotatable bonds is 7. The SMILES string of the molecule is CC(C)CNCCC1(Oc2ccc(F)c(Cl)c2)CCC1. The second-order valence-corrected chi connectivity index (χ2v) is 6.47. The minimum absolute atomic E-state index is 0.0921. The predicted octanol–water partition coefficient (Wildman–Crippen LogP) is 4.42. The summed E-state index contributed by atoms with van der Waals surface area (Å²) in [6, 6.07) is 4.59. The number of benzene rings is 1. The molecule has 0 aliphatic heterocycles. The summed E-state index contributed by atoms with van der Waals surface area (Å²) in [5, 5.41) is 3.57. The Balaban J connectivity index is 1.88. The summed E-state index contributed by atoms with van der Waals surface area (Å²) in [6.45, 7) is 6.37. The lowest BCUT2D eigenvalue weighted by Crippen LogP contribution is -2.45. The van der Waals surface area contributed by atoms with Crippen LogP contribution in [0.4, 0.5) is 4.39 Å². The van der Waals surface area contributed by atoms with Gasteiger partial charge < -0.3 is 10.1 Å². The van der Waals surface area contributed by atoms with Gasteiger partial charge in [-0.2, -0.15) is 0 Å². The zero-order valence-corrected chi connectivity index (χ0v) is 13.0. The van der Waals surface area contributed by atoms with Gasteiger partial charge in [-0.15, -0.1) is 0 Å². The third-order valence-corrected chi connectivity index (χ3v) is 4.09. The second kappa shape index (κ2) is 6.77. The average Bonchev–Trinajstić information content (AvgIpc) is 2.35. The van der Waals surface area contributed by atoms with Gasteiger partial charge in [-0.1, -0.05) is 25.4 Å². The first-order valence-corrected chi connectivity index (χ1v) is 7.73. The van der Waals surface area contributed by atoms with Gasteiger partial charge in [-0.3, -0.25) is 0 Å². The lowest BCUT2D eigenvalue weighted by atomic mass is 9.77. The van der Waals surface area contributed by atoms with Crippen molar-refractivity contribution in [2.75, 3.05) is 13.1 Å². The van der Waals surface area contributed by atoms with Crippen molar-refractivity contribution < 1.29 is 9.13 Å². The van der Waals surface area contributed by atoms with Crippen molar-refractivity contribution in [3.05, 3.63) is 29.0 Å². The zero-order valence-electron chi connectivity index (χ0n) is 12.2. The molecule has 112 valence electrons. The monoisotopic (exact) mass is 299 g/mol. The minimum atomic E-state index is -0.403. The summed E-state index contributed by atoms with van der Waals surface area (Å²) in [5.41, 5.74) is -0.0921. The molecule has 0 saturated heterocycles. The minimum Gasteiger partial charge on any atom is -0.487 e. The molecule has 0 spiro atoms. The molecule has 0 bridgehead atoms. The highest BCUT2D eigenvalue weighted by Gasteiger charge is 2.38. The molecule has 1 saturated carbocycles. The molecule has 0 radical (unpaired) electrons. The van der Waals surface area contributed by atoms with Crippen LogP contribution < -0.4 is 10.1 Å². The molecule has 0 atom stereocenters. The summed E-state index contributed by atoms with van der Waals surface area (Å²) >= 11 is 5.80. The fourth-order valence-corrected chi connectivity index (χ4v) is 2.64. The average molecular weight is 300 g/mol. The first-order chi connectivity index (χ1) is 9.51. The summed E-state index contributed by atoms with van der Waals surface area (Å²) in [6.07, 6.45) is 4.30. The molecule has 1 aliphatic carbocycles. The standard InChI is InChI=1S/C16H23ClFNO/c1-12(2)11-19-9-8-16(6-3-7-16)20-13-4-5-15(18)14(17)10-13/h4-5,10,12,19H,3,6-9,11H2,1-2H3. The van der Waals surface area contributed by atoms with Crippen molar-refractivity contribution in [1.29, 1.82) is 0 Å². The molecule has 1 N–H and O–H groups in total. The fourth-order valence-electron chi connectivity index (χ4n) is 2.47. The van der Waals surface area contributed by atoms with E-state index < -0.39 is 5.82 Å². The van der Waals surface area contributed by atoms with Gasteiger partial charge in [0, 0.05) is 6.07 Å². The Bertz CT molecular complexity index is 446. The Kier molecular flexibility index (Phi) is 5.28. The predicted molar refractivity (Wildman–Crippen MR) is 80.9 cm³/mol. The molecule has 2 nitrogen and oxygen atoms in total. The summed E-state index contributed by atoms with van der Waals surface area (Å²) in [5.74, 6) is 0.921. The van der Waals surface area contributed by atoms with Gasteiger partial charge in [-0.05, 0) is 56.8 Å². The van der Waals surface area contributed by atoms with Crippen LogP contribution in [-0.4, -0.2) is 18.7 Å². The Labute approximate surface area is 125 Å². The van der Waals surface area contributed by atoms with Crippen LogP contribution in [0, 0.1) is 11.7 Å². The molecular formula is C16H23ClFNO.